The molecule has 2 fully saturated rings. The maximum absolute atomic E-state index is 14.2. The van der Waals surface area contributed by atoms with Gasteiger partial charge in [0, 0.05) is 94.8 Å². The number of nitrogens with zero attached hydrogens (tertiary/aromatic N) is 5. The average molecular weight is 1280 g/mol. The monoisotopic (exact) mass is 1280 g/mol. The Bertz CT molecular complexity index is 2930. The van der Waals surface area contributed by atoms with Crippen molar-refractivity contribution < 1.29 is 86.1 Å². The number of carbonyl (C=O) groups is 8. The van der Waals surface area contributed by atoms with Crippen LogP contribution in [0.3, 0.4) is 0 Å². The minimum atomic E-state index is -1.48. The number of aliphatic hydroxyl groups excluding tert-OH is 1. The number of imide groups is 1. The zero-order valence-corrected chi connectivity index (χ0v) is 52.6. The largest absolute Gasteiger partial charge is 0.493 e. The summed E-state index contributed by atoms with van der Waals surface area (Å²) in [6, 6.07) is 5.52. The number of carbonyl (C=O) groups excluding carboxylic acids is 8. The molecule has 89 heavy (non-hydrogen) atoms. The van der Waals surface area contributed by atoms with Crippen LogP contribution in [0.1, 0.15) is 85.9 Å². The van der Waals surface area contributed by atoms with E-state index in [2.05, 4.69) is 34.1 Å². The second kappa shape index (κ2) is 34.7. The van der Waals surface area contributed by atoms with E-state index in [-0.39, 0.29) is 137 Å². The van der Waals surface area contributed by atoms with Crippen molar-refractivity contribution in [3.8, 4) is 23.0 Å². The molecular formula is C61H82N8O18S2. The van der Waals surface area contributed by atoms with E-state index in [4.69, 9.17) is 42.6 Å². The minimum absolute atomic E-state index is 0.0144. The molecule has 7 rings (SSSR count). The van der Waals surface area contributed by atoms with E-state index in [1.807, 2.05) is 13.8 Å². The van der Waals surface area contributed by atoms with Gasteiger partial charge in [0.15, 0.2) is 29.2 Å². The normalized spacial score (nSPS) is 17.7. The predicted molar refractivity (Wildman–Crippen MR) is 332 cm³/mol. The molecule has 0 aromatic heterocycles. The van der Waals surface area contributed by atoms with Crippen molar-refractivity contribution in [3.63, 3.8) is 0 Å². The quantitative estimate of drug-likeness (QED) is 0.0311. The van der Waals surface area contributed by atoms with Crippen LogP contribution >= 0.6 is 21.6 Å². The summed E-state index contributed by atoms with van der Waals surface area (Å²) < 4.78 is 50.7. The lowest BCUT2D eigenvalue weighted by Crippen LogP contribution is -2.51. The molecule has 4 N–H and O–H groups in total. The number of aliphatic imine (C=N–C) groups is 1. The fourth-order valence-electron chi connectivity index (χ4n) is 9.92. The van der Waals surface area contributed by atoms with Gasteiger partial charge in [-0.2, -0.15) is 0 Å². The molecule has 0 aliphatic carbocycles. The van der Waals surface area contributed by atoms with Crippen molar-refractivity contribution in [2.45, 2.75) is 88.3 Å². The summed E-state index contributed by atoms with van der Waals surface area (Å²) in [6.45, 7) is 16.3. The highest BCUT2D eigenvalue weighted by Gasteiger charge is 2.47. The zero-order valence-electron chi connectivity index (χ0n) is 51.0. The van der Waals surface area contributed by atoms with Gasteiger partial charge in [-0.25, -0.2) is 9.69 Å². The van der Waals surface area contributed by atoms with Gasteiger partial charge in [-0.05, 0) is 58.1 Å². The Kier molecular flexibility index (Phi) is 27.0. The van der Waals surface area contributed by atoms with Gasteiger partial charge in [-0.15, -0.1) is 0 Å². The summed E-state index contributed by atoms with van der Waals surface area (Å²) in [5, 5.41) is 20.1. The molecule has 3 atom stereocenters. The molecular weight excluding hydrogens is 1200 g/mol. The van der Waals surface area contributed by atoms with Crippen molar-refractivity contribution in [3.05, 3.63) is 71.8 Å². The van der Waals surface area contributed by atoms with Crippen LogP contribution in [-0.2, 0) is 47.7 Å². The van der Waals surface area contributed by atoms with Crippen LogP contribution in [0, 0.1) is 0 Å². The Balaban J connectivity index is 0.737. The Morgan fingerprint density at radius 3 is 1.85 bits per heavy atom. The van der Waals surface area contributed by atoms with Crippen LogP contribution in [0.2, 0.25) is 0 Å². The van der Waals surface area contributed by atoms with Crippen LogP contribution in [-0.4, -0.2) is 228 Å². The number of unbranched alkanes of at least 4 members (excludes halogenated alkanes) is 2. The van der Waals surface area contributed by atoms with E-state index in [0.29, 0.717) is 107 Å². The van der Waals surface area contributed by atoms with Gasteiger partial charge in [-0.1, -0.05) is 45.9 Å². The second-order valence-corrected chi connectivity index (χ2v) is 25.0. The van der Waals surface area contributed by atoms with Crippen molar-refractivity contribution in [1.29, 1.82) is 0 Å². The molecule has 0 radical (unpaired) electrons. The van der Waals surface area contributed by atoms with Crippen molar-refractivity contribution >= 4 is 86.6 Å². The summed E-state index contributed by atoms with van der Waals surface area (Å²) in [5.41, 5.74) is 2.90. The first kappa shape index (κ1) is 69.3. The molecule has 26 nitrogen and oxygen atoms in total. The number of nitrogens with one attached hydrogen (secondary N) is 3. The molecule has 2 aromatic carbocycles. The molecule has 5 aliphatic heterocycles. The highest BCUT2D eigenvalue weighted by atomic mass is 33.1. The maximum atomic E-state index is 14.2. The van der Waals surface area contributed by atoms with E-state index < -0.39 is 40.8 Å². The maximum Gasteiger partial charge on any atom is 0.416 e. The number of aliphatic hydroxyl groups is 1. The topological polar surface area (TPSA) is 301 Å². The molecule has 0 spiro atoms. The highest BCUT2D eigenvalue weighted by Crippen LogP contribution is 2.43. The van der Waals surface area contributed by atoms with E-state index in [0.717, 1.165) is 20.9 Å². The van der Waals surface area contributed by atoms with Gasteiger partial charge in [0.1, 0.15) is 6.61 Å². The first-order valence-corrected chi connectivity index (χ1v) is 32.0. The third-order valence-corrected chi connectivity index (χ3v) is 17.8. The lowest BCUT2D eigenvalue weighted by atomic mass is 10.1. The molecule has 8 amide bonds. The fraction of sp³-hybridized carbons (Fsp3) is 0.557. The highest BCUT2D eigenvalue weighted by molar-refractivity contribution is 8.77. The van der Waals surface area contributed by atoms with Gasteiger partial charge < -0.3 is 73.5 Å². The molecule has 28 heteroatoms. The van der Waals surface area contributed by atoms with Crippen LogP contribution in [0.5, 0.6) is 23.0 Å². The number of ether oxygens (including phenoxy) is 9. The smallest absolute Gasteiger partial charge is 0.416 e. The molecule has 2 saturated heterocycles. The summed E-state index contributed by atoms with van der Waals surface area (Å²) >= 11 is 0. The number of benzene rings is 2. The number of amides is 8. The number of anilines is 1. The van der Waals surface area contributed by atoms with E-state index in [1.165, 1.54) is 65.0 Å². The minimum Gasteiger partial charge on any atom is -0.493 e. The first-order valence-electron chi connectivity index (χ1n) is 29.7. The van der Waals surface area contributed by atoms with Gasteiger partial charge in [0.2, 0.25) is 17.7 Å². The molecule has 0 bridgehead atoms. The second-order valence-electron chi connectivity index (χ2n) is 21.9. The van der Waals surface area contributed by atoms with Gasteiger partial charge in [0.05, 0.1) is 120 Å². The Morgan fingerprint density at radius 1 is 0.652 bits per heavy atom. The average Bonchev–Trinajstić information content (AvgIpc) is 1.76. The first-order chi connectivity index (χ1) is 42.9. The molecule has 0 saturated carbocycles. The lowest BCUT2D eigenvalue weighted by Gasteiger charge is -2.32. The summed E-state index contributed by atoms with van der Waals surface area (Å²) in [6.07, 6.45) is 5.07. The summed E-state index contributed by atoms with van der Waals surface area (Å²) in [7, 11) is 5.84. The third-order valence-electron chi connectivity index (χ3n) is 14.5. The molecule has 5 aliphatic rings. The van der Waals surface area contributed by atoms with E-state index in [9.17, 15) is 43.5 Å². The van der Waals surface area contributed by atoms with Crippen molar-refractivity contribution in [2.75, 3.05) is 137 Å². The number of rotatable bonds is 38. The van der Waals surface area contributed by atoms with E-state index in [1.54, 1.807) is 23.2 Å². The molecule has 2 aromatic rings. The van der Waals surface area contributed by atoms with Crippen LogP contribution in [0.25, 0.3) is 0 Å². The molecule has 1 unspecified atom stereocenters. The Hall–Kier alpha value is -7.21. The van der Waals surface area contributed by atoms with Gasteiger partial charge >= 0.3 is 6.09 Å². The summed E-state index contributed by atoms with van der Waals surface area (Å²) in [4.78, 5) is 112. The van der Waals surface area contributed by atoms with Crippen LogP contribution < -0.4 is 39.8 Å². The lowest BCUT2D eigenvalue weighted by molar-refractivity contribution is -0.137. The predicted octanol–water partition coefficient (Wildman–Crippen LogP) is 4.53. The fourth-order valence-corrected chi connectivity index (χ4v) is 12.3. The number of hydrogen-bond donors (Lipinski definition) is 4. The number of fused-ring (bicyclic) bond motifs is 4. The van der Waals surface area contributed by atoms with Crippen molar-refractivity contribution in [2.24, 2.45) is 4.99 Å². The van der Waals surface area contributed by atoms with Gasteiger partial charge in [0.25, 0.3) is 23.6 Å². The third kappa shape index (κ3) is 20.4. The number of hydrogen-bond acceptors (Lipinski definition) is 21. The molecule has 486 valence electrons. The van der Waals surface area contributed by atoms with E-state index >= 15 is 0 Å². The Labute approximate surface area is 526 Å². The van der Waals surface area contributed by atoms with Crippen LogP contribution in [0.15, 0.2) is 65.7 Å². The standard InChI is InChI=1S/C61H82N8O18S2/c1-40-30-42-36-65-45-34-50(48(79-5)32-43(45)57(75)67(42)37-40)85-19-8-7-9-20-86-51-35-46-44(33-49(51)80-6)58(76)68-38-41(2)31-47(68)59(77)69(46)60(78)87-39-61(3,4)89-88-29-14-54(72)63-16-15-62-53(71)13-21-81-23-25-83-27-28-84-26-24-82-22-17-64-52(70)12-18-66-55(73)10-11-56(66)74/h10-11,32-36,42,47,59,77H,1-2,7-9,12-31,37-39H2,3-6H3,(H,62,71)(H,63,72)(H,64,70)/t42-,47-,59?/m0/s1. The SMILES string of the molecule is C=C1C[C@H]2C=Nc3cc(OCCCCCOc4cc5c(cc4OC)C(=O)N4CC(=C)C[C@H]4C(O)N5C(=O)OCC(C)(C)SSCCC(=O)NCCNC(=O)CCOCCOCCOCCOCCNC(=O)CCN4C(=O)C=CC4=O)c(OC)cc3C(=O)N2C1. The zero-order chi connectivity index (χ0) is 63.9. The van der Waals surface area contributed by atoms with Gasteiger partial charge in [-0.3, -0.25) is 43.5 Å². The van der Waals surface area contributed by atoms with Crippen LogP contribution in [0.4, 0.5) is 16.2 Å². The Morgan fingerprint density at radius 2 is 1.20 bits per heavy atom. The number of methoxy groups -OCH3 is 2. The molecule has 5 heterocycles. The summed E-state index contributed by atoms with van der Waals surface area (Å²) in [5.74, 6) is -0.208. The van der Waals surface area contributed by atoms with Crippen molar-refractivity contribution in [1.82, 2.24) is 30.7 Å².